The highest BCUT2D eigenvalue weighted by molar-refractivity contribution is 5.94. The summed E-state index contributed by atoms with van der Waals surface area (Å²) in [7, 11) is 0. The van der Waals surface area contributed by atoms with Gasteiger partial charge in [0.25, 0.3) is 5.91 Å². The van der Waals surface area contributed by atoms with E-state index in [9.17, 15) is 27.5 Å². The quantitative estimate of drug-likeness (QED) is 0.729. The first-order valence-corrected chi connectivity index (χ1v) is 10.2. The first kappa shape index (κ1) is 22.1. The lowest BCUT2D eigenvalue weighted by molar-refractivity contribution is -0.137. The molecule has 2 fully saturated rings. The number of benzene rings is 2. The highest BCUT2D eigenvalue weighted by Crippen LogP contribution is 2.44. The third kappa shape index (κ3) is 3.79. The van der Waals surface area contributed by atoms with E-state index in [4.69, 9.17) is 5.26 Å². The van der Waals surface area contributed by atoms with Gasteiger partial charge in [0.2, 0.25) is 0 Å². The molecule has 0 aromatic heterocycles. The van der Waals surface area contributed by atoms with E-state index in [2.05, 4.69) is 0 Å². The third-order valence-corrected chi connectivity index (χ3v) is 6.63. The SMILES string of the molecule is N#Cc1ccc(N2CC[C@@]3(CO)CN(C(=O)c4ccccc4F)C[C@H]3C2)cc1C(F)(F)F. The summed E-state index contributed by atoms with van der Waals surface area (Å²) >= 11 is 0. The van der Waals surface area contributed by atoms with Crippen molar-refractivity contribution in [3.8, 4) is 6.07 Å². The van der Waals surface area contributed by atoms with Gasteiger partial charge >= 0.3 is 6.18 Å². The molecule has 0 radical (unpaired) electrons. The number of nitrogens with zero attached hydrogens (tertiary/aromatic N) is 3. The number of hydrogen-bond acceptors (Lipinski definition) is 4. The van der Waals surface area contributed by atoms with Crippen LogP contribution in [0.3, 0.4) is 0 Å². The average molecular weight is 447 g/mol. The van der Waals surface area contributed by atoms with Crippen LogP contribution < -0.4 is 4.90 Å². The van der Waals surface area contributed by atoms with Crippen LogP contribution in [0.2, 0.25) is 0 Å². The van der Waals surface area contributed by atoms with Crippen LogP contribution in [0.5, 0.6) is 0 Å². The molecule has 0 unspecified atom stereocenters. The third-order valence-electron chi connectivity index (χ3n) is 6.63. The Morgan fingerprint density at radius 2 is 1.97 bits per heavy atom. The number of carbonyl (C=O) groups is 1. The number of carbonyl (C=O) groups excluding carboxylic acids is 1. The molecule has 2 atom stereocenters. The van der Waals surface area contributed by atoms with E-state index in [1.165, 1.54) is 29.2 Å². The molecule has 0 spiro atoms. The predicted molar refractivity (Wildman–Crippen MR) is 108 cm³/mol. The van der Waals surface area contributed by atoms with Crippen LogP contribution in [0.25, 0.3) is 0 Å². The number of nitriles is 1. The highest BCUT2D eigenvalue weighted by atomic mass is 19.4. The summed E-state index contributed by atoms with van der Waals surface area (Å²) in [5.41, 5.74) is -1.72. The Labute approximate surface area is 182 Å². The molecule has 32 heavy (non-hydrogen) atoms. The summed E-state index contributed by atoms with van der Waals surface area (Å²) in [6.07, 6.45) is -4.18. The Bertz CT molecular complexity index is 1080. The van der Waals surface area contributed by atoms with Crippen molar-refractivity contribution in [3.63, 3.8) is 0 Å². The van der Waals surface area contributed by atoms with E-state index in [1.807, 2.05) is 0 Å². The maximum Gasteiger partial charge on any atom is 0.417 e. The Morgan fingerprint density at radius 1 is 1.22 bits per heavy atom. The first-order chi connectivity index (χ1) is 15.2. The fourth-order valence-corrected chi connectivity index (χ4v) is 4.80. The zero-order valence-electron chi connectivity index (χ0n) is 17.1. The minimum atomic E-state index is -4.65. The molecule has 4 rings (SSSR count). The second kappa shape index (κ2) is 8.10. The molecule has 1 N–H and O–H groups in total. The van der Waals surface area contributed by atoms with Gasteiger partial charge < -0.3 is 14.9 Å². The molecule has 1 amide bonds. The lowest BCUT2D eigenvalue weighted by Gasteiger charge is -2.43. The topological polar surface area (TPSA) is 67.6 Å². The van der Waals surface area contributed by atoms with Crippen LogP contribution in [0.1, 0.15) is 27.9 Å². The lowest BCUT2D eigenvalue weighted by Crippen LogP contribution is -2.49. The van der Waals surface area contributed by atoms with E-state index in [0.717, 1.165) is 12.1 Å². The predicted octanol–water partition coefficient (Wildman–Crippen LogP) is 3.68. The summed E-state index contributed by atoms with van der Waals surface area (Å²) in [5.74, 6) is -1.28. The minimum absolute atomic E-state index is 0.0435. The molecule has 5 nitrogen and oxygen atoms in total. The maximum atomic E-state index is 14.1. The van der Waals surface area contributed by atoms with Gasteiger partial charge in [0.05, 0.1) is 29.4 Å². The number of anilines is 1. The van der Waals surface area contributed by atoms with E-state index >= 15 is 0 Å². The molecule has 2 saturated heterocycles. The first-order valence-electron chi connectivity index (χ1n) is 10.2. The van der Waals surface area contributed by atoms with Crippen molar-refractivity contribution < 1.29 is 27.5 Å². The van der Waals surface area contributed by atoms with Crippen LogP contribution in [0.15, 0.2) is 42.5 Å². The van der Waals surface area contributed by atoms with Gasteiger partial charge in [-0.15, -0.1) is 0 Å². The number of hydrogen-bond donors (Lipinski definition) is 1. The van der Waals surface area contributed by atoms with Crippen LogP contribution in [-0.2, 0) is 6.18 Å². The number of alkyl halides is 3. The molecule has 2 aromatic carbocycles. The molecule has 168 valence electrons. The minimum Gasteiger partial charge on any atom is -0.396 e. The number of amides is 1. The molecule has 9 heteroatoms. The Morgan fingerprint density at radius 3 is 2.62 bits per heavy atom. The summed E-state index contributed by atoms with van der Waals surface area (Å²) in [6.45, 7) is 1.09. The summed E-state index contributed by atoms with van der Waals surface area (Å²) < 4.78 is 54.2. The van der Waals surface area contributed by atoms with Crippen molar-refractivity contribution in [2.75, 3.05) is 37.7 Å². The van der Waals surface area contributed by atoms with Gasteiger partial charge in [-0.25, -0.2) is 4.39 Å². The standard InChI is InChI=1S/C23H21F4N3O2/c24-20-4-2-1-3-18(20)21(32)30-12-16-11-29(8-7-22(16,13-30)14-31)17-6-5-15(10-28)19(9-17)23(25,26)27/h1-6,9,16,31H,7-8,11-14H2/t16-,22+/m1/s1. The second-order valence-electron chi connectivity index (χ2n) is 8.42. The molecule has 2 aliphatic heterocycles. The highest BCUT2D eigenvalue weighted by Gasteiger charge is 2.50. The van der Waals surface area contributed by atoms with Gasteiger partial charge in [-0.05, 0) is 36.8 Å². The van der Waals surface area contributed by atoms with Gasteiger partial charge in [-0.2, -0.15) is 18.4 Å². The normalized spacial score (nSPS) is 23.1. The van der Waals surface area contributed by atoms with E-state index < -0.39 is 34.4 Å². The second-order valence-corrected chi connectivity index (χ2v) is 8.42. The molecule has 0 aliphatic carbocycles. The van der Waals surface area contributed by atoms with Crippen molar-refractivity contribution >= 4 is 11.6 Å². The monoisotopic (exact) mass is 447 g/mol. The van der Waals surface area contributed by atoms with Crippen LogP contribution in [0, 0.1) is 28.5 Å². The average Bonchev–Trinajstić information content (AvgIpc) is 3.17. The van der Waals surface area contributed by atoms with E-state index in [-0.39, 0.29) is 31.2 Å². The summed E-state index contributed by atoms with van der Waals surface area (Å²) in [5, 5.41) is 19.1. The number of aliphatic hydroxyl groups is 1. The van der Waals surface area contributed by atoms with Crippen molar-refractivity contribution in [3.05, 3.63) is 65.0 Å². The molecule has 2 heterocycles. The van der Waals surface area contributed by atoms with Crippen molar-refractivity contribution in [1.82, 2.24) is 4.90 Å². The van der Waals surface area contributed by atoms with Crippen molar-refractivity contribution in [1.29, 1.82) is 5.26 Å². The summed E-state index contributed by atoms with van der Waals surface area (Å²) in [6, 6.07) is 10.9. The number of aliphatic hydroxyl groups excluding tert-OH is 1. The maximum absolute atomic E-state index is 14.1. The molecule has 2 aliphatic rings. The van der Waals surface area contributed by atoms with Crippen molar-refractivity contribution in [2.24, 2.45) is 11.3 Å². The van der Waals surface area contributed by atoms with Gasteiger partial charge in [0, 0.05) is 43.2 Å². The van der Waals surface area contributed by atoms with Crippen LogP contribution >= 0.6 is 0 Å². The van der Waals surface area contributed by atoms with E-state index in [1.54, 1.807) is 17.0 Å². The van der Waals surface area contributed by atoms with Gasteiger partial charge in [-0.3, -0.25) is 4.79 Å². The molecular weight excluding hydrogens is 426 g/mol. The van der Waals surface area contributed by atoms with Gasteiger partial charge in [-0.1, -0.05) is 12.1 Å². The molecule has 0 bridgehead atoms. The Kier molecular flexibility index (Phi) is 5.59. The zero-order valence-corrected chi connectivity index (χ0v) is 17.1. The van der Waals surface area contributed by atoms with Crippen molar-refractivity contribution in [2.45, 2.75) is 12.6 Å². The number of likely N-dealkylation sites (tertiary alicyclic amines) is 1. The van der Waals surface area contributed by atoms with Crippen LogP contribution in [-0.4, -0.2) is 48.7 Å². The Hall–Kier alpha value is -3.12. The fraction of sp³-hybridized carbons (Fsp3) is 0.391. The molecular formula is C23H21F4N3O2. The smallest absolute Gasteiger partial charge is 0.396 e. The zero-order chi connectivity index (χ0) is 23.1. The van der Waals surface area contributed by atoms with Crippen LogP contribution in [0.4, 0.5) is 23.2 Å². The lowest BCUT2D eigenvalue weighted by atomic mass is 9.73. The molecule has 0 saturated carbocycles. The van der Waals surface area contributed by atoms with Gasteiger partial charge in [0.1, 0.15) is 5.82 Å². The number of halogens is 4. The van der Waals surface area contributed by atoms with E-state index in [0.29, 0.717) is 25.2 Å². The fourth-order valence-electron chi connectivity index (χ4n) is 4.80. The number of piperidine rings is 1. The number of fused-ring (bicyclic) bond motifs is 1. The number of rotatable bonds is 3. The molecule has 2 aromatic rings. The summed E-state index contributed by atoms with van der Waals surface area (Å²) in [4.78, 5) is 16.2. The largest absolute Gasteiger partial charge is 0.417 e. The van der Waals surface area contributed by atoms with Gasteiger partial charge in [0.15, 0.2) is 0 Å². The Balaban J connectivity index is 1.58.